The van der Waals surface area contributed by atoms with Gasteiger partial charge in [0.2, 0.25) is 8.32 Å². The molecule has 1 N–H and O–H groups in total. The molecule has 0 saturated heterocycles. The molecule has 0 aromatic carbocycles. The number of carbonyl (C=O) groups excluding carboxylic acids is 1. The molecule has 1 unspecified atom stereocenters. The molecule has 7 heteroatoms. The van der Waals surface area contributed by atoms with Crippen molar-refractivity contribution in [2.24, 2.45) is 0 Å². The van der Waals surface area contributed by atoms with Crippen LogP contribution in [0.1, 0.15) is 6.92 Å². The summed E-state index contributed by atoms with van der Waals surface area (Å²) in [4.78, 5) is 11.1. The van der Waals surface area contributed by atoms with E-state index in [1.807, 2.05) is 0 Å². The predicted molar refractivity (Wildman–Crippen MR) is 50.4 cm³/mol. The van der Waals surface area contributed by atoms with Crippen molar-refractivity contribution in [2.75, 3.05) is 0 Å². The Labute approximate surface area is 79.0 Å². The molecule has 0 aromatic heterocycles. The van der Waals surface area contributed by atoms with E-state index in [-0.39, 0.29) is 0 Å². The number of hydrogen-bond donors (Lipinski definition) is 1. The van der Waals surface area contributed by atoms with Gasteiger partial charge < -0.3 is 4.43 Å². The summed E-state index contributed by atoms with van der Waals surface area (Å²) in [6.45, 7) is 6.35. The lowest BCUT2D eigenvalue weighted by molar-refractivity contribution is -0.134. The molecule has 0 aliphatic rings. The van der Waals surface area contributed by atoms with E-state index in [2.05, 4.69) is 0 Å². The molecule has 13 heavy (non-hydrogen) atoms. The van der Waals surface area contributed by atoms with Crippen LogP contribution in [0.4, 0.5) is 0 Å². The largest absolute Gasteiger partial charge is 0.519 e. The minimum atomic E-state index is -4.33. The second-order valence-corrected chi connectivity index (χ2v) is 9.86. The van der Waals surface area contributed by atoms with E-state index in [9.17, 15) is 13.2 Å². The van der Waals surface area contributed by atoms with Gasteiger partial charge in [-0.1, -0.05) is 0 Å². The second-order valence-electron chi connectivity index (χ2n) is 3.69. The zero-order chi connectivity index (χ0) is 10.9. The topological polar surface area (TPSA) is 80.7 Å². The lowest BCUT2D eigenvalue weighted by Crippen LogP contribution is -2.37. The van der Waals surface area contributed by atoms with Gasteiger partial charge in [0.15, 0.2) is 5.25 Å². The highest BCUT2D eigenvalue weighted by Crippen LogP contribution is 2.08. The zero-order valence-corrected chi connectivity index (χ0v) is 9.88. The van der Waals surface area contributed by atoms with Crippen LogP contribution in [0, 0.1) is 0 Å². The second kappa shape index (κ2) is 3.77. The molecule has 0 radical (unpaired) electrons. The number of hydrogen-bond acceptors (Lipinski definition) is 4. The van der Waals surface area contributed by atoms with Gasteiger partial charge in [0.25, 0.3) is 10.1 Å². The third-order valence-electron chi connectivity index (χ3n) is 1.19. The van der Waals surface area contributed by atoms with Gasteiger partial charge in [0, 0.05) is 0 Å². The molecular weight excluding hydrogens is 212 g/mol. The van der Waals surface area contributed by atoms with E-state index in [1.165, 1.54) is 0 Å². The van der Waals surface area contributed by atoms with E-state index in [0.29, 0.717) is 0 Å². The summed E-state index contributed by atoms with van der Waals surface area (Å²) in [5, 5.41) is -1.50. The normalized spacial score (nSPS) is 15.2. The molecule has 0 aliphatic carbocycles. The van der Waals surface area contributed by atoms with Crippen LogP contribution in [0.5, 0.6) is 0 Å². The first kappa shape index (κ1) is 12.6. The van der Waals surface area contributed by atoms with Crippen molar-refractivity contribution >= 4 is 24.4 Å². The Bertz CT molecular complexity index is 289. The van der Waals surface area contributed by atoms with E-state index in [0.717, 1.165) is 6.92 Å². The van der Waals surface area contributed by atoms with E-state index >= 15 is 0 Å². The molecule has 0 heterocycles. The van der Waals surface area contributed by atoms with Gasteiger partial charge in [-0.25, -0.2) is 0 Å². The van der Waals surface area contributed by atoms with Crippen molar-refractivity contribution in [2.45, 2.75) is 31.8 Å². The lowest BCUT2D eigenvalue weighted by Gasteiger charge is -2.19. The van der Waals surface area contributed by atoms with Crippen molar-refractivity contribution in [3.8, 4) is 0 Å². The molecule has 0 bridgehead atoms. The van der Waals surface area contributed by atoms with Crippen molar-refractivity contribution in [3.63, 3.8) is 0 Å². The average molecular weight is 226 g/mol. The molecular formula is C6H14O5SSi. The van der Waals surface area contributed by atoms with Crippen LogP contribution in [-0.2, 0) is 19.3 Å². The Hall–Kier alpha value is -0.403. The first-order valence-electron chi connectivity index (χ1n) is 3.73. The van der Waals surface area contributed by atoms with Gasteiger partial charge >= 0.3 is 5.97 Å². The van der Waals surface area contributed by atoms with Crippen LogP contribution in [0.2, 0.25) is 19.6 Å². The molecule has 0 saturated carbocycles. The van der Waals surface area contributed by atoms with Crippen LogP contribution in [-0.4, -0.2) is 32.5 Å². The fourth-order valence-corrected chi connectivity index (χ4v) is 1.66. The summed E-state index contributed by atoms with van der Waals surface area (Å²) in [5.41, 5.74) is 0. The summed E-state index contributed by atoms with van der Waals surface area (Å²) in [6, 6.07) is 0. The molecule has 0 aromatic rings. The molecule has 0 spiro atoms. The van der Waals surface area contributed by atoms with Crippen molar-refractivity contribution < 1.29 is 22.2 Å². The van der Waals surface area contributed by atoms with Crippen LogP contribution in [0.3, 0.4) is 0 Å². The Morgan fingerprint density at radius 2 is 1.77 bits per heavy atom. The van der Waals surface area contributed by atoms with Gasteiger partial charge in [-0.2, -0.15) is 8.42 Å². The van der Waals surface area contributed by atoms with E-state index in [1.54, 1.807) is 19.6 Å². The van der Waals surface area contributed by atoms with Crippen LogP contribution in [0.15, 0.2) is 0 Å². The quantitative estimate of drug-likeness (QED) is 0.564. The summed E-state index contributed by atoms with van der Waals surface area (Å²) < 4.78 is 34.5. The molecule has 0 rings (SSSR count). The minimum absolute atomic E-state index is 0.887. The first-order chi connectivity index (χ1) is 5.54. The molecule has 0 fully saturated rings. The maximum Gasteiger partial charge on any atom is 0.313 e. The highest BCUT2D eigenvalue weighted by molar-refractivity contribution is 7.87. The van der Waals surface area contributed by atoms with Gasteiger partial charge in [-0.05, 0) is 26.6 Å². The van der Waals surface area contributed by atoms with E-state index in [4.69, 9.17) is 8.98 Å². The summed E-state index contributed by atoms with van der Waals surface area (Å²) in [6.07, 6.45) is 0. The zero-order valence-electron chi connectivity index (χ0n) is 8.07. The Kier molecular flexibility index (Phi) is 3.65. The van der Waals surface area contributed by atoms with Gasteiger partial charge in [-0.3, -0.25) is 9.35 Å². The number of rotatable bonds is 3. The fraction of sp³-hybridized carbons (Fsp3) is 0.833. The molecule has 5 nitrogen and oxygen atoms in total. The third kappa shape index (κ3) is 5.01. The maximum absolute atomic E-state index is 11.1. The summed E-state index contributed by atoms with van der Waals surface area (Å²) >= 11 is 0. The number of carbonyl (C=O) groups is 1. The smallest absolute Gasteiger partial charge is 0.313 e. The Morgan fingerprint density at radius 1 is 1.38 bits per heavy atom. The summed E-state index contributed by atoms with van der Waals surface area (Å²) in [5.74, 6) is -0.887. The predicted octanol–water partition coefficient (Wildman–Crippen LogP) is 0.641. The summed E-state index contributed by atoms with van der Waals surface area (Å²) in [7, 11) is -6.41. The van der Waals surface area contributed by atoms with E-state index < -0.39 is 29.7 Å². The average Bonchev–Trinajstić information content (AvgIpc) is 1.79. The Morgan fingerprint density at radius 3 is 2.00 bits per heavy atom. The molecule has 1 atom stereocenters. The van der Waals surface area contributed by atoms with Crippen molar-refractivity contribution in [1.82, 2.24) is 0 Å². The molecule has 0 amide bonds. The van der Waals surface area contributed by atoms with Crippen LogP contribution >= 0.6 is 0 Å². The first-order valence-corrected chi connectivity index (χ1v) is 8.64. The van der Waals surface area contributed by atoms with Crippen LogP contribution < -0.4 is 0 Å². The molecule has 0 aliphatic heterocycles. The highest BCUT2D eigenvalue weighted by atomic mass is 32.2. The minimum Gasteiger partial charge on any atom is -0.519 e. The maximum atomic E-state index is 11.1. The van der Waals surface area contributed by atoms with Gasteiger partial charge in [-0.15, -0.1) is 0 Å². The fourth-order valence-electron chi connectivity index (χ4n) is 0.506. The monoisotopic (exact) mass is 226 g/mol. The standard InChI is InChI=1S/C6H14O5SSi/c1-5(12(8,9)10)6(7)11-13(2,3)4/h5H,1-4H3,(H,8,9,10). The molecule has 78 valence electrons. The van der Waals surface area contributed by atoms with Crippen molar-refractivity contribution in [1.29, 1.82) is 0 Å². The van der Waals surface area contributed by atoms with Gasteiger partial charge in [0.05, 0.1) is 0 Å². The Balaban J connectivity index is 4.48. The third-order valence-corrected chi connectivity index (χ3v) is 3.09. The van der Waals surface area contributed by atoms with Crippen molar-refractivity contribution in [3.05, 3.63) is 0 Å². The SMILES string of the molecule is CC(C(=O)O[Si](C)(C)C)S(=O)(=O)O. The van der Waals surface area contributed by atoms with Crippen LogP contribution in [0.25, 0.3) is 0 Å². The van der Waals surface area contributed by atoms with Gasteiger partial charge in [0.1, 0.15) is 0 Å². The lowest BCUT2D eigenvalue weighted by atomic mass is 10.5. The highest BCUT2D eigenvalue weighted by Gasteiger charge is 2.31.